The van der Waals surface area contributed by atoms with Gasteiger partial charge in [-0.15, -0.1) is 0 Å². The van der Waals surface area contributed by atoms with E-state index in [1.807, 2.05) is 0 Å². The van der Waals surface area contributed by atoms with E-state index in [0.29, 0.717) is 25.7 Å². The third kappa shape index (κ3) is 70.5. The molecule has 17 nitrogen and oxygen atoms in total. The largest absolute Gasteiger partial charge is 0.472 e. The number of phosphoric ester groups is 2. The topological polar surface area (TPSA) is 237 Å². The first-order valence-corrected chi connectivity index (χ1v) is 43.1. The van der Waals surface area contributed by atoms with Gasteiger partial charge in [0.25, 0.3) is 0 Å². The number of carbonyl (C=O) groups is 4. The fourth-order valence-electron chi connectivity index (χ4n) is 11.9. The molecule has 3 N–H and O–H groups in total. The van der Waals surface area contributed by atoms with Gasteiger partial charge in [-0.25, -0.2) is 9.13 Å². The molecule has 0 aliphatic heterocycles. The first-order valence-electron chi connectivity index (χ1n) is 40.1. The highest BCUT2D eigenvalue weighted by molar-refractivity contribution is 7.47. The van der Waals surface area contributed by atoms with Crippen LogP contribution in [-0.4, -0.2) is 96.7 Å². The van der Waals surface area contributed by atoms with Gasteiger partial charge in [-0.1, -0.05) is 356 Å². The van der Waals surface area contributed by atoms with Crippen LogP contribution in [0.1, 0.15) is 407 Å². The molecule has 0 heterocycles. The first kappa shape index (κ1) is 94.1. The summed E-state index contributed by atoms with van der Waals surface area (Å²) in [5, 5.41) is 10.6. The number of unbranched alkanes of at least 4 members (excludes halogenated alkanes) is 49. The lowest BCUT2D eigenvalue weighted by Gasteiger charge is -2.21. The summed E-state index contributed by atoms with van der Waals surface area (Å²) in [6, 6.07) is 0. The molecule has 0 fully saturated rings. The maximum atomic E-state index is 13.1. The van der Waals surface area contributed by atoms with Crippen LogP contribution in [0.3, 0.4) is 0 Å². The van der Waals surface area contributed by atoms with Crippen molar-refractivity contribution in [1.82, 2.24) is 0 Å². The van der Waals surface area contributed by atoms with E-state index in [1.54, 1.807) is 0 Å². The van der Waals surface area contributed by atoms with Crippen LogP contribution < -0.4 is 0 Å². The van der Waals surface area contributed by atoms with Crippen LogP contribution in [-0.2, 0) is 65.4 Å². The highest BCUT2D eigenvalue weighted by Crippen LogP contribution is 2.45. The third-order valence-corrected chi connectivity index (χ3v) is 19.9. The predicted octanol–water partition coefficient (Wildman–Crippen LogP) is 22.9. The van der Waals surface area contributed by atoms with Gasteiger partial charge < -0.3 is 33.8 Å². The van der Waals surface area contributed by atoms with E-state index < -0.39 is 97.5 Å². The van der Waals surface area contributed by atoms with Gasteiger partial charge in [0.2, 0.25) is 0 Å². The Labute approximate surface area is 588 Å². The van der Waals surface area contributed by atoms with Crippen molar-refractivity contribution in [3.8, 4) is 0 Å². The second-order valence-corrected chi connectivity index (χ2v) is 31.1. The lowest BCUT2D eigenvalue weighted by atomic mass is 10.0. The van der Waals surface area contributed by atoms with Crippen LogP contribution in [0.25, 0.3) is 0 Å². The molecule has 0 aliphatic rings. The van der Waals surface area contributed by atoms with Crippen LogP contribution in [0.15, 0.2) is 0 Å². The quantitative estimate of drug-likeness (QED) is 0.0222. The zero-order valence-electron chi connectivity index (χ0n) is 62.5. The van der Waals surface area contributed by atoms with E-state index in [1.165, 1.54) is 231 Å². The van der Waals surface area contributed by atoms with Crippen LogP contribution >= 0.6 is 15.6 Å². The summed E-state index contributed by atoms with van der Waals surface area (Å²) in [6.45, 7) is 7.25. The average molecular weight is 1410 g/mol. The number of ether oxygens (including phenoxy) is 4. The summed E-state index contributed by atoms with van der Waals surface area (Å²) < 4.78 is 68.5. The van der Waals surface area contributed by atoms with E-state index >= 15 is 0 Å². The van der Waals surface area contributed by atoms with Crippen molar-refractivity contribution in [1.29, 1.82) is 0 Å². The maximum absolute atomic E-state index is 13.1. The number of carbonyl (C=O) groups excluding carboxylic acids is 4. The molecular weight excluding hydrogens is 1260 g/mol. The third-order valence-electron chi connectivity index (χ3n) is 18.0. The van der Waals surface area contributed by atoms with E-state index in [2.05, 4.69) is 34.6 Å². The first-order chi connectivity index (χ1) is 46.5. The summed E-state index contributed by atoms with van der Waals surface area (Å²) in [7, 11) is -9.91. The summed E-state index contributed by atoms with van der Waals surface area (Å²) in [5.74, 6) is -1.40. The molecule has 0 spiro atoms. The number of aliphatic hydroxyl groups is 1. The number of phosphoric acid groups is 2. The smallest absolute Gasteiger partial charge is 0.462 e. The Balaban J connectivity index is 5.19. The summed E-state index contributed by atoms with van der Waals surface area (Å²) in [6.07, 6.45) is 59.7. The minimum atomic E-state index is -4.96. The van der Waals surface area contributed by atoms with E-state index in [9.17, 15) is 43.2 Å². The van der Waals surface area contributed by atoms with Gasteiger partial charge in [-0.05, 0) is 31.6 Å². The molecule has 2 unspecified atom stereocenters. The monoisotopic (exact) mass is 1410 g/mol. The molecule has 0 bridgehead atoms. The van der Waals surface area contributed by atoms with Gasteiger partial charge in [0.1, 0.15) is 19.3 Å². The molecule has 0 amide bonds. The Morgan fingerprint density at radius 2 is 0.479 bits per heavy atom. The second-order valence-electron chi connectivity index (χ2n) is 28.2. The normalized spacial score (nSPS) is 13.9. The van der Waals surface area contributed by atoms with Gasteiger partial charge in [-0.2, -0.15) is 0 Å². The molecular formula is C77H150O17P2. The molecule has 0 aliphatic carbocycles. The standard InChI is InChI=1S/C77H150O17P2/c1-6-9-12-15-18-21-24-26-27-28-29-30-31-32-33-35-38-41-47-52-57-62-76(81)93-72(66-88-75(80)61-56-51-46-40-37-34-25-22-19-16-13-10-7-2)68-91-95(83,84)89-64-71(78)65-90-96(85,86)92-69-73(94-77(82)63-58-53-48-43-42-44-49-54-59-70(4)5)67-87-74(79)60-55-50-45-39-36-23-20-17-14-11-8-3/h70-73,78H,6-69H2,1-5H3,(H,83,84)(H,85,86)/t71-,72-,73-/m1/s1. The lowest BCUT2D eigenvalue weighted by Crippen LogP contribution is -2.30. The molecule has 5 atom stereocenters. The van der Waals surface area contributed by atoms with Crippen molar-refractivity contribution in [2.75, 3.05) is 39.6 Å². The SMILES string of the molecule is CCCCCCCCCCCCCCCCCCCCCCCC(=O)O[C@H](COC(=O)CCCCCCCCCCCCCCC)COP(=O)(O)OC[C@@H](O)COP(=O)(O)OC[C@@H](COC(=O)CCCCCCCCCCCCC)OC(=O)CCCCCCCCCCC(C)C. The maximum Gasteiger partial charge on any atom is 0.472 e. The van der Waals surface area contributed by atoms with Crippen molar-refractivity contribution in [2.45, 2.75) is 425 Å². The molecule has 0 rings (SSSR count). The number of esters is 4. The summed E-state index contributed by atoms with van der Waals surface area (Å²) in [5.41, 5.74) is 0. The van der Waals surface area contributed by atoms with Crippen molar-refractivity contribution in [2.24, 2.45) is 5.92 Å². The number of rotatable bonds is 77. The molecule has 0 saturated heterocycles. The van der Waals surface area contributed by atoms with Crippen LogP contribution in [0.5, 0.6) is 0 Å². The van der Waals surface area contributed by atoms with Gasteiger partial charge in [-0.3, -0.25) is 37.3 Å². The van der Waals surface area contributed by atoms with Crippen LogP contribution in [0.2, 0.25) is 0 Å². The summed E-state index contributed by atoms with van der Waals surface area (Å²) in [4.78, 5) is 72.8. The zero-order valence-corrected chi connectivity index (χ0v) is 64.3. The molecule has 19 heteroatoms. The minimum absolute atomic E-state index is 0.105. The number of aliphatic hydroxyl groups excluding tert-OH is 1. The van der Waals surface area contributed by atoms with E-state index in [0.717, 1.165) is 95.8 Å². The fraction of sp³-hybridized carbons (Fsp3) is 0.948. The Morgan fingerprint density at radius 3 is 0.708 bits per heavy atom. The Morgan fingerprint density at radius 1 is 0.281 bits per heavy atom. The zero-order chi connectivity index (χ0) is 70.5. The van der Waals surface area contributed by atoms with E-state index in [4.69, 9.17) is 37.0 Å². The predicted molar refractivity (Wildman–Crippen MR) is 391 cm³/mol. The van der Waals surface area contributed by atoms with Crippen molar-refractivity contribution in [3.05, 3.63) is 0 Å². The molecule has 96 heavy (non-hydrogen) atoms. The molecule has 0 aromatic rings. The molecule has 0 aromatic carbocycles. The Kier molecular flexibility index (Phi) is 68.7. The molecule has 0 radical (unpaired) electrons. The van der Waals surface area contributed by atoms with Crippen molar-refractivity contribution in [3.63, 3.8) is 0 Å². The average Bonchev–Trinajstić information content (AvgIpc) is 1.45. The highest BCUT2D eigenvalue weighted by atomic mass is 31.2. The lowest BCUT2D eigenvalue weighted by molar-refractivity contribution is -0.161. The minimum Gasteiger partial charge on any atom is -0.462 e. The molecule has 0 saturated carbocycles. The van der Waals surface area contributed by atoms with Gasteiger partial charge >= 0.3 is 39.5 Å². The van der Waals surface area contributed by atoms with Crippen molar-refractivity contribution >= 4 is 39.5 Å². The van der Waals surface area contributed by atoms with Gasteiger partial charge in [0, 0.05) is 25.7 Å². The molecule has 0 aromatic heterocycles. The van der Waals surface area contributed by atoms with Crippen molar-refractivity contribution < 1.29 is 80.2 Å². The second kappa shape index (κ2) is 70.1. The number of hydrogen-bond donors (Lipinski definition) is 3. The summed E-state index contributed by atoms with van der Waals surface area (Å²) >= 11 is 0. The molecule has 570 valence electrons. The number of hydrogen-bond acceptors (Lipinski definition) is 15. The highest BCUT2D eigenvalue weighted by Gasteiger charge is 2.30. The van der Waals surface area contributed by atoms with E-state index in [-0.39, 0.29) is 25.7 Å². The van der Waals surface area contributed by atoms with Crippen LogP contribution in [0, 0.1) is 5.92 Å². The Bertz CT molecular complexity index is 1840. The Hall–Kier alpha value is -1.94. The van der Waals surface area contributed by atoms with Gasteiger partial charge in [0.05, 0.1) is 26.4 Å². The fourth-order valence-corrected chi connectivity index (χ4v) is 13.5. The van der Waals surface area contributed by atoms with Crippen LogP contribution in [0.4, 0.5) is 0 Å². The van der Waals surface area contributed by atoms with Gasteiger partial charge in [0.15, 0.2) is 12.2 Å².